The third kappa shape index (κ3) is 3.31. The molecule has 0 aliphatic carbocycles. The maximum absolute atomic E-state index is 12.2. The average Bonchev–Trinajstić information content (AvgIpc) is 3.22. The number of para-hydroxylation sites is 2. The number of aryl methyl sites for hydroxylation is 1. The number of methoxy groups -OCH3 is 1. The van der Waals surface area contributed by atoms with Crippen LogP contribution in [0.15, 0.2) is 54.2 Å². The van der Waals surface area contributed by atoms with E-state index in [0.717, 1.165) is 11.3 Å². The first-order chi connectivity index (χ1) is 11.5. The van der Waals surface area contributed by atoms with Gasteiger partial charge < -0.3 is 9.30 Å². The van der Waals surface area contributed by atoms with Crippen LogP contribution in [0.5, 0.6) is 5.75 Å². The second-order valence-electron chi connectivity index (χ2n) is 5.17. The van der Waals surface area contributed by atoms with Crippen LogP contribution in [0, 0.1) is 0 Å². The Bertz CT molecular complexity index is 945. The highest BCUT2D eigenvalue weighted by Crippen LogP contribution is 2.21. The van der Waals surface area contributed by atoms with Crippen LogP contribution in [-0.4, -0.2) is 34.9 Å². The summed E-state index contributed by atoms with van der Waals surface area (Å²) in [6, 6.07) is 7.45. The standard InChI is InChI=1S/C15H17N5O3S/c1-19-10-15(16-11-19)24(21,22)18-8-12-7-17-20(9-12)13-5-3-4-6-14(13)23-2/h3-7,9-11,18H,8H2,1-2H3. The predicted octanol–water partition coefficient (Wildman–Crippen LogP) is 1.09. The molecule has 0 saturated heterocycles. The van der Waals surface area contributed by atoms with Crippen molar-refractivity contribution in [2.75, 3.05) is 7.11 Å². The lowest BCUT2D eigenvalue weighted by Gasteiger charge is -2.07. The second-order valence-corrected chi connectivity index (χ2v) is 6.88. The zero-order valence-corrected chi connectivity index (χ0v) is 14.1. The number of nitrogens with zero attached hydrogens (tertiary/aromatic N) is 4. The van der Waals surface area contributed by atoms with Gasteiger partial charge in [0.15, 0.2) is 5.03 Å². The molecule has 0 aliphatic heterocycles. The quantitative estimate of drug-likeness (QED) is 0.721. The summed E-state index contributed by atoms with van der Waals surface area (Å²) >= 11 is 0. The highest BCUT2D eigenvalue weighted by Gasteiger charge is 2.17. The van der Waals surface area contributed by atoms with Gasteiger partial charge >= 0.3 is 0 Å². The fourth-order valence-corrected chi connectivity index (χ4v) is 3.18. The number of sulfonamides is 1. The summed E-state index contributed by atoms with van der Waals surface area (Å²) in [5.74, 6) is 0.682. The van der Waals surface area contributed by atoms with Crippen LogP contribution < -0.4 is 9.46 Å². The fourth-order valence-electron chi connectivity index (χ4n) is 2.18. The molecule has 126 valence electrons. The van der Waals surface area contributed by atoms with Crippen molar-refractivity contribution < 1.29 is 13.2 Å². The van der Waals surface area contributed by atoms with Gasteiger partial charge in [0.05, 0.1) is 19.6 Å². The van der Waals surface area contributed by atoms with E-state index in [0.29, 0.717) is 5.75 Å². The summed E-state index contributed by atoms with van der Waals surface area (Å²) in [5.41, 5.74) is 1.50. The molecule has 0 spiro atoms. The monoisotopic (exact) mass is 347 g/mol. The number of benzene rings is 1. The van der Waals surface area contributed by atoms with E-state index in [1.807, 2.05) is 24.3 Å². The van der Waals surface area contributed by atoms with Gasteiger partial charge in [-0.15, -0.1) is 0 Å². The normalized spacial score (nSPS) is 11.6. The molecule has 0 radical (unpaired) electrons. The molecular formula is C15H17N5O3S. The van der Waals surface area contributed by atoms with Gasteiger partial charge in [0, 0.05) is 31.5 Å². The summed E-state index contributed by atoms with van der Waals surface area (Å²) in [7, 11) is -0.350. The number of aromatic nitrogens is 4. The molecule has 0 aliphatic rings. The van der Waals surface area contributed by atoms with Crippen LogP contribution in [0.1, 0.15) is 5.56 Å². The molecule has 2 aromatic heterocycles. The smallest absolute Gasteiger partial charge is 0.259 e. The number of hydrogen-bond donors (Lipinski definition) is 1. The molecule has 3 aromatic rings. The third-order valence-corrected chi connectivity index (χ3v) is 4.68. The molecule has 0 amide bonds. The largest absolute Gasteiger partial charge is 0.494 e. The van der Waals surface area contributed by atoms with Gasteiger partial charge in [0.1, 0.15) is 11.4 Å². The zero-order valence-electron chi connectivity index (χ0n) is 13.2. The summed E-state index contributed by atoms with van der Waals surface area (Å²) in [6.07, 6.45) is 6.24. The van der Waals surface area contributed by atoms with Gasteiger partial charge in [0.2, 0.25) is 0 Å². The Kier molecular flexibility index (Phi) is 4.36. The molecule has 0 saturated carbocycles. The molecule has 0 bridgehead atoms. The number of hydrogen-bond acceptors (Lipinski definition) is 5. The van der Waals surface area contributed by atoms with Crippen molar-refractivity contribution in [3.63, 3.8) is 0 Å². The van der Waals surface area contributed by atoms with Gasteiger partial charge in [-0.05, 0) is 12.1 Å². The molecule has 8 nitrogen and oxygen atoms in total. The number of rotatable bonds is 6. The maximum atomic E-state index is 12.2. The Labute approximate surface area is 139 Å². The number of nitrogens with one attached hydrogen (secondary N) is 1. The maximum Gasteiger partial charge on any atom is 0.259 e. The van der Waals surface area contributed by atoms with Gasteiger partial charge in [-0.25, -0.2) is 22.8 Å². The van der Waals surface area contributed by atoms with E-state index >= 15 is 0 Å². The average molecular weight is 347 g/mol. The van der Waals surface area contributed by atoms with E-state index in [2.05, 4.69) is 14.8 Å². The first-order valence-corrected chi connectivity index (χ1v) is 8.62. The first kappa shape index (κ1) is 16.2. The first-order valence-electron chi connectivity index (χ1n) is 7.14. The lowest BCUT2D eigenvalue weighted by molar-refractivity contribution is 0.411. The highest BCUT2D eigenvalue weighted by molar-refractivity contribution is 7.89. The molecule has 0 atom stereocenters. The third-order valence-electron chi connectivity index (χ3n) is 3.39. The summed E-state index contributed by atoms with van der Waals surface area (Å²) in [5, 5.41) is 4.24. The highest BCUT2D eigenvalue weighted by atomic mass is 32.2. The van der Waals surface area contributed by atoms with E-state index < -0.39 is 10.0 Å². The van der Waals surface area contributed by atoms with Crippen LogP contribution in [0.25, 0.3) is 5.69 Å². The Morgan fingerprint density at radius 1 is 1.25 bits per heavy atom. The van der Waals surface area contributed by atoms with Crippen molar-refractivity contribution in [3.8, 4) is 11.4 Å². The van der Waals surface area contributed by atoms with Crippen LogP contribution in [0.2, 0.25) is 0 Å². The SMILES string of the molecule is COc1ccccc1-n1cc(CNS(=O)(=O)c2cn(C)cn2)cn1. The molecule has 0 fully saturated rings. The van der Waals surface area contributed by atoms with Crippen LogP contribution in [-0.2, 0) is 23.6 Å². The van der Waals surface area contributed by atoms with E-state index in [9.17, 15) is 8.42 Å². The summed E-state index contributed by atoms with van der Waals surface area (Å²) in [6.45, 7) is 0.119. The molecule has 0 unspecified atom stereocenters. The zero-order chi connectivity index (χ0) is 17.2. The van der Waals surface area contributed by atoms with Crippen molar-refractivity contribution in [2.24, 2.45) is 7.05 Å². The second kappa shape index (κ2) is 6.46. The summed E-state index contributed by atoms with van der Waals surface area (Å²) in [4.78, 5) is 3.85. The van der Waals surface area contributed by atoms with Gasteiger partial charge in [-0.2, -0.15) is 5.10 Å². The Balaban J connectivity index is 1.75. The number of imidazole rings is 1. The predicted molar refractivity (Wildman–Crippen MR) is 87.3 cm³/mol. The van der Waals surface area contributed by atoms with Crippen molar-refractivity contribution in [2.45, 2.75) is 11.6 Å². The van der Waals surface area contributed by atoms with Crippen molar-refractivity contribution in [1.29, 1.82) is 0 Å². The van der Waals surface area contributed by atoms with Crippen LogP contribution in [0.4, 0.5) is 0 Å². The van der Waals surface area contributed by atoms with Crippen LogP contribution >= 0.6 is 0 Å². The van der Waals surface area contributed by atoms with Crippen molar-refractivity contribution in [3.05, 3.63) is 54.7 Å². The molecule has 9 heteroatoms. The van der Waals surface area contributed by atoms with E-state index in [1.54, 1.807) is 35.8 Å². The molecule has 1 aromatic carbocycles. The van der Waals surface area contributed by atoms with Crippen molar-refractivity contribution in [1.82, 2.24) is 24.1 Å². The molecular weight excluding hydrogens is 330 g/mol. The number of ether oxygens (including phenoxy) is 1. The minimum absolute atomic E-state index is 0.0119. The fraction of sp³-hybridized carbons (Fsp3) is 0.200. The van der Waals surface area contributed by atoms with E-state index in [1.165, 1.54) is 12.5 Å². The van der Waals surface area contributed by atoms with Crippen molar-refractivity contribution >= 4 is 10.0 Å². The van der Waals surface area contributed by atoms with Gasteiger partial charge in [-0.3, -0.25) is 0 Å². The van der Waals surface area contributed by atoms with E-state index in [4.69, 9.17) is 4.74 Å². The Hall–Kier alpha value is -2.65. The van der Waals surface area contributed by atoms with E-state index in [-0.39, 0.29) is 11.6 Å². The Morgan fingerprint density at radius 2 is 2.04 bits per heavy atom. The van der Waals surface area contributed by atoms with Gasteiger partial charge in [0.25, 0.3) is 10.0 Å². The minimum atomic E-state index is -3.65. The molecule has 2 heterocycles. The molecule has 3 rings (SSSR count). The summed E-state index contributed by atoms with van der Waals surface area (Å²) < 4.78 is 35.4. The molecule has 24 heavy (non-hydrogen) atoms. The molecule has 1 N–H and O–H groups in total. The van der Waals surface area contributed by atoms with Crippen LogP contribution in [0.3, 0.4) is 0 Å². The lowest BCUT2D eigenvalue weighted by atomic mass is 10.3. The minimum Gasteiger partial charge on any atom is -0.494 e. The Morgan fingerprint density at radius 3 is 2.75 bits per heavy atom. The lowest BCUT2D eigenvalue weighted by Crippen LogP contribution is -2.23. The van der Waals surface area contributed by atoms with Gasteiger partial charge in [-0.1, -0.05) is 12.1 Å². The topological polar surface area (TPSA) is 91.0 Å².